The van der Waals surface area contributed by atoms with E-state index >= 15 is 0 Å². The molecule has 4 rings (SSSR count). The van der Waals surface area contributed by atoms with E-state index < -0.39 is 0 Å². The Kier molecular flexibility index (Phi) is 5.40. The molecule has 1 amide bonds. The fourth-order valence-electron chi connectivity index (χ4n) is 3.65. The van der Waals surface area contributed by atoms with E-state index in [0.29, 0.717) is 23.1 Å². The highest BCUT2D eigenvalue weighted by atomic mass is 16.3. The van der Waals surface area contributed by atoms with E-state index in [0.717, 1.165) is 34.2 Å². The van der Waals surface area contributed by atoms with Crippen molar-refractivity contribution in [2.24, 2.45) is 0 Å². The number of aromatic nitrogens is 1. The quantitative estimate of drug-likeness (QED) is 0.399. The van der Waals surface area contributed by atoms with Crippen LogP contribution in [0, 0.1) is 13.8 Å². The highest BCUT2D eigenvalue weighted by Crippen LogP contribution is 2.29. The van der Waals surface area contributed by atoms with Gasteiger partial charge in [0.1, 0.15) is 5.52 Å². The van der Waals surface area contributed by atoms with Gasteiger partial charge in [0, 0.05) is 16.8 Å². The lowest BCUT2D eigenvalue weighted by Gasteiger charge is -2.08. The number of aryl methyl sites for hydroxylation is 2. The number of amides is 1. The molecule has 0 fully saturated rings. The number of carbonyl (C=O) groups is 1. The van der Waals surface area contributed by atoms with E-state index in [4.69, 9.17) is 4.42 Å². The average molecular weight is 399 g/mol. The molecule has 0 unspecified atom stereocenters. The molecule has 4 heteroatoms. The van der Waals surface area contributed by atoms with Gasteiger partial charge in [-0.25, -0.2) is 4.98 Å². The predicted octanol–water partition coefficient (Wildman–Crippen LogP) is 6.88. The van der Waals surface area contributed by atoms with Crippen molar-refractivity contribution in [3.63, 3.8) is 0 Å². The van der Waals surface area contributed by atoms with Crippen LogP contribution in [0.4, 0.5) is 5.69 Å². The van der Waals surface area contributed by atoms with Crippen LogP contribution in [0.15, 0.2) is 65.1 Å². The van der Waals surface area contributed by atoms with Crippen LogP contribution in [0.3, 0.4) is 0 Å². The highest BCUT2D eigenvalue weighted by molar-refractivity contribution is 6.04. The van der Waals surface area contributed by atoms with Crippen molar-refractivity contribution in [3.05, 3.63) is 82.9 Å². The number of hydrogen-bond acceptors (Lipinski definition) is 3. The molecular weight excluding hydrogens is 372 g/mol. The molecule has 0 saturated carbocycles. The molecule has 4 aromatic rings. The standard InChI is InChI=1S/C26H26N2O2/c1-5-18(4)19-9-10-24-23(15-19)28-26(30-24)20-7-6-8-22(14-20)27-25(29)21-12-16(2)11-17(3)13-21/h6-15,18H,5H2,1-4H3,(H,27,29)/t18-/m0/s1. The van der Waals surface area contributed by atoms with Crippen LogP contribution in [0.2, 0.25) is 0 Å². The zero-order valence-corrected chi connectivity index (χ0v) is 17.8. The van der Waals surface area contributed by atoms with Crippen LogP contribution in [-0.2, 0) is 0 Å². The van der Waals surface area contributed by atoms with Crippen molar-refractivity contribution >= 4 is 22.7 Å². The number of hydrogen-bond donors (Lipinski definition) is 1. The fourth-order valence-corrected chi connectivity index (χ4v) is 3.65. The van der Waals surface area contributed by atoms with Gasteiger partial charge in [-0.2, -0.15) is 0 Å². The van der Waals surface area contributed by atoms with Gasteiger partial charge in [-0.1, -0.05) is 43.2 Å². The van der Waals surface area contributed by atoms with Crippen molar-refractivity contribution in [3.8, 4) is 11.5 Å². The number of nitrogens with one attached hydrogen (secondary N) is 1. The van der Waals surface area contributed by atoms with Gasteiger partial charge in [-0.15, -0.1) is 0 Å². The van der Waals surface area contributed by atoms with Crippen LogP contribution in [0.1, 0.15) is 53.2 Å². The Morgan fingerprint density at radius 3 is 2.53 bits per heavy atom. The minimum Gasteiger partial charge on any atom is -0.436 e. The van der Waals surface area contributed by atoms with Crippen LogP contribution in [-0.4, -0.2) is 10.9 Å². The van der Waals surface area contributed by atoms with E-state index in [2.05, 4.69) is 42.3 Å². The van der Waals surface area contributed by atoms with E-state index in [9.17, 15) is 4.79 Å². The maximum absolute atomic E-state index is 12.7. The molecule has 0 bridgehead atoms. The third-order valence-corrected chi connectivity index (χ3v) is 5.44. The van der Waals surface area contributed by atoms with Crippen LogP contribution in [0.5, 0.6) is 0 Å². The SMILES string of the molecule is CC[C@H](C)c1ccc2oc(-c3cccc(NC(=O)c4cc(C)cc(C)c4)c3)nc2c1. The second-order valence-corrected chi connectivity index (χ2v) is 7.97. The first kappa shape index (κ1) is 19.9. The Balaban J connectivity index is 1.60. The minimum absolute atomic E-state index is 0.130. The molecule has 4 nitrogen and oxygen atoms in total. The van der Waals surface area contributed by atoms with Gasteiger partial charge in [0.15, 0.2) is 5.58 Å². The van der Waals surface area contributed by atoms with Crippen molar-refractivity contribution in [1.29, 1.82) is 0 Å². The molecule has 1 N–H and O–H groups in total. The summed E-state index contributed by atoms with van der Waals surface area (Å²) >= 11 is 0. The normalized spacial score (nSPS) is 12.1. The molecule has 0 saturated heterocycles. The summed E-state index contributed by atoms with van der Waals surface area (Å²) in [7, 11) is 0. The molecule has 0 aliphatic heterocycles. The first-order chi connectivity index (χ1) is 14.4. The van der Waals surface area contributed by atoms with Crippen molar-refractivity contribution in [1.82, 2.24) is 4.98 Å². The molecule has 0 aliphatic carbocycles. The lowest BCUT2D eigenvalue weighted by Crippen LogP contribution is -2.12. The van der Waals surface area contributed by atoms with Gasteiger partial charge in [-0.3, -0.25) is 4.79 Å². The largest absolute Gasteiger partial charge is 0.436 e. The molecule has 0 spiro atoms. The summed E-state index contributed by atoms with van der Waals surface area (Å²) in [5, 5.41) is 2.98. The summed E-state index contributed by atoms with van der Waals surface area (Å²) < 4.78 is 5.97. The van der Waals surface area contributed by atoms with E-state index in [1.807, 2.05) is 56.3 Å². The van der Waals surface area contributed by atoms with Crippen molar-refractivity contribution in [2.45, 2.75) is 40.0 Å². The first-order valence-corrected chi connectivity index (χ1v) is 10.3. The Morgan fingerprint density at radius 1 is 1.03 bits per heavy atom. The number of rotatable bonds is 5. The number of carbonyl (C=O) groups excluding carboxylic acids is 1. The van der Waals surface area contributed by atoms with Crippen LogP contribution in [0.25, 0.3) is 22.6 Å². The highest BCUT2D eigenvalue weighted by Gasteiger charge is 2.13. The molecule has 30 heavy (non-hydrogen) atoms. The number of oxazole rings is 1. The third kappa shape index (κ3) is 4.13. The third-order valence-electron chi connectivity index (χ3n) is 5.44. The Morgan fingerprint density at radius 2 is 1.80 bits per heavy atom. The van der Waals surface area contributed by atoms with E-state index in [1.165, 1.54) is 5.56 Å². The molecule has 1 atom stereocenters. The zero-order chi connectivity index (χ0) is 21.3. The molecular formula is C26H26N2O2. The number of nitrogens with zero attached hydrogens (tertiary/aromatic N) is 1. The fraction of sp³-hybridized carbons (Fsp3) is 0.231. The van der Waals surface area contributed by atoms with E-state index in [1.54, 1.807) is 0 Å². The Labute approximate surface area is 177 Å². The summed E-state index contributed by atoms with van der Waals surface area (Å²) in [6, 6.07) is 19.6. The zero-order valence-electron chi connectivity index (χ0n) is 17.8. The van der Waals surface area contributed by atoms with Gasteiger partial charge < -0.3 is 9.73 Å². The van der Waals surface area contributed by atoms with Crippen molar-refractivity contribution < 1.29 is 9.21 Å². The maximum atomic E-state index is 12.7. The first-order valence-electron chi connectivity index (χ1n) is 10.3. The molecule has 0 aliphatic rings. The van der Waals surface area contributed by atoms with Gasteiger partial charge >= 0.3 is 0 Å². The summed E-state index contributed by atoms with van der Waals surface area (Å²) in [5.41, 5.74) is 7.20. The smallest absolute Gasteiger partial charge is 0.255 e. The van der Waals surface area contributed by atoms with Crippen LogP contribution >= 0.6 is 0 Å². The molecule has 1 heterocycles. The van der Waals surface area contributed by atoms with Gasteiger partial charge in [-0.05, 0) is 74.2 Å². The van der Waals surface area contributed by atoms with E-state index in [-0.39, 0.29) is 5.91 Å². The summed E-state index contributed by atoms with van der Waals surface area (Å²) in [6.45, 7) is 8.37. The Hall–Kier alpha value is -3.40. The van der Waals surface area contributed by atoms with Crippen molar-refractivity contribution in [2.75, 3.05) is 5.32 Å². The predicted molar refractivity (Wildman–Crippen MR) is 122 cm³/mol. The van der Waals surface area contributed by atoms with Gasteiger partial charge in [0.25, 0.3) is 5.91 Å². The number of anilines is 1. The molecule has 3 aromatic carbocycles. The molecule has 1 aromatic heterocycles. The number of fused-ring (bicyclic) bond motifs is 1. The topological polar surface area (TPSA) is 55.1 Å². The monoisotopic (exact) mass is 398 g/mol. The lowest BCUT2D eigenvalue weighted by atomic mass is 9.98. The molecule has 0 radical (unpaired) electrons. The average Bonchev–Trinajstić information content (AvgIpc) is 3.16. The van der Waals surface area contributed by atoms with Gasteiger partial charge in [0.05, 0.1) is 0 Å². The summed E-state index contributed by atoms with van der Waals surface area (Å²) in [4.78, 5) is 17.4. The second kappa shape index (κ2) is 8.15. The Bertz CT molecular complexity index is 1200. The summed E-state index contributed by atoms with van der Waals surface area (Å²) in [5.74, 6) is 0.905. The summed E-state index contributed by atoms with van der Waals surface area (Å²) in [6.07, 6.45) is 1.08. The maximum Gasteiger partial charge on any atom is 0.255 e. The van der Waals surface area contributed by atoms with Gasteiger partial charge in [0.2, 0.25) is 5.89 Å². The second-order valence-electron chi connectivity index (χ2n) is 7.97. The minimum atomic E-state index is -0.130. The number of benzene rings is 3. The lowest BCUT2D eigenvalue weighted by molar-refractivity contribution is 0.102. The molecule has 152 valence electrons. The van der Waals surface area contributed by atoms with Crippen LogP contribution < -0.4 is 5.32 Å².